The van der Waals surface area contributed by atoms with Crippen LogP contribution in [-0.2, 0) is 11.8 Å². The lowest BCUT2D eigenvalue weighted by Gasteiger charge is -2.24. The number of nitrogens with zero attached hydrogens (tertiary/aromatic N) is 1. The van der Waals surface area contributed by atoms with Gasteiger partial charge in [0.05, 0.1) is 10.2 Å². The van der Waals surface area contributed by atoms with Gasteiger partial charge in [0, 0.05) is 6.04 Å². The van der Waals surface area contributed by atoms with Gasteiger partial charge in [-0.3, -0.25) is 10.1 Å². The molecule has 3 aromatic carbocycles. The molecule has 119 valence electrons. The minimum atomic E-state index is -2.57. The maximum absolute atomic E-state index is 11.7. The first kappa shape index (κ1) is 16.8. The Morgan fingerprint density at radius 1 is 0.792 bits per heavy atom. The second-order valence-electron chi connectivity index (χ2n) is 5.16. The zero-order chi connectivity index (χ0) is 17.2. The molecule has 0 spiro atoms. The van der Waals surface area contributed by atoms with Crippen molar-refractivity contribution in [1.29, 1.82) is 0 Å². The zero-order valence-corrected chi connectivity index (χ0v) is 15.1. The number of hydrogen-bond acceptors (Lipinski definition) is 3. The van der Waals surface area contributed by atoms with Gasteiger partial charge >= 0.3 is 0 Å². The van der Waals surface area contributed by atoms with Crippen molar-refractivity contribution in [3.63, 3.8) is 0 Å². The Kier molecular flexibility index (Phi) is 4.76. The lowest BCUT2D eigenvalue weighted by atomic mass is 10.3. The van der Waals surface area contributed by atoms with Crippen molar-refractivity contribution in [1.82, 2.24) is 0 Å². The number of benzene rings is 3. The van der Waals surface area contributed by atoms with Crippen molar-refractivity contribution in [3.8, 4) is 0 Å². The monoisotopic (exact) mass is 370 g/mol. The van der Waals surface area contributed by atoms with Crippen LogP contribution in [0.15, 0.2) is 83.8 Å². The average Bonchev–Trinajstić information content (AvgIpc) is 2.62. The van der Waals surface area contributed by atoms with Crippen LogP contribution in [0.25, 0.3) is 0 Å². The van der Waals surface area contributed by atoms with Crippen LogP contribution in [0.4, 0.5) is 5.69 Å². The zero-order valence-electron chi connectivity index (χ0n) is 12.5. The molecule has 0 saturated heterocycles. The van der Waals surface area contributed by atoms with Gasteiger partial charge in [-0.2, -0.15) is 0 Å². The SMILES string of the molecule is O=[N+]([O-])c1c([S])cccc1P(=S)(c1ccccc1)c1ccccc1. The van der Waals surface area contributed by atoms with Gasteiger partial charge < -0.3 is 0 Å². The maximum atomic E-state index is 11.7. The van der Waals surface area contributed by atoms with Gasteiger partial charge in [-0.15, -0.1) is 0 Å². The fourth-order valence-electron chi connectivity index (χ4n) is 2.65. The summed E-state index contributed by atoms with van der Waals surface area (Å²) in [6, 6.07) is 21.7. The second-order valence-corrected chi connectivity index (χ2v) is 9.98. The van der Waals surface area contributed by atoms with Crippen molar-refractivity contribution < 1.29 is 4.92 Å². The Morgan fingerprint density at radius 3 is 1.75 bits per heavy atom. The third-order valence-electron chi connectivity index (χ3n) is 3.74. The summed E-state index contributed by atoms with van der Waals surface area (Å²) in [4.78, 5) is 11.5. The summed E-state index contributed by atoms with van der Waals surface area (Å²) in [7, 11) is 0. The summed E-state index contributed by atoms with van der Waals surface area (Å²) in [5.41, 5.74) is -0.0523. The molecule has 0 heterocycles. The van der Waals surface area contributed by atoms with Crippen molar-refractivity contribution in [2.24, 2.45) is 0 Å². The fourth-order valence-corrected chi connectivity index (χ4v) is 7.00. The van der Waals surface area contributed by atoms with Crippen LogP contribution in [0, 0.1) is 10.1 Å². The summed E-state index contributed by atoms with van der Waals surface area (Å²) < 4.78 is 0. The van der Waals surface area contributed by atoms with E-state index in [1.54, 1.807) is 18.2 Å². The summed E-state index contributed by atoms with van der Waals surface area (Å²) >= 11 is 11.3. The molecule has 0 aliphatic carbocycles. The molecule has 3 aromatic rings. The second kappa shape index (κ2) is 6.81. The summed E-state index contributed by atoms with van der Waals surface area (Å²) in [6.07, 6.45) is 0. The Bertz CT molecular complexity index is 887. The van der Waals surface area contributed by atoms with Crippen LogP contribution in [0.2, 0.25) is 0 Å². The van der Waals surface area contributed by atoms with Gasteiger partial charge in [-0.1, -0.05) is 91.2 Å². The van der Waals surface area contributed by atoms with E-state index in [2.05, 4.69) is 0 Å². The molecular formula is C18H13NO2PS2. The molecule has 0 N–H and O–H groups in total. The van der Waals surface area contributed by atoms with E-state index < -0.39 is 11.0 Å². The minimum absolute atomic E-state index is 0.0523. The molecule has 0 amide bonds. The summed E-state index contributed by atoms with van der Waals surface area (Å²) in [5.74, 6) is 0. The summed E-state index contributed by atoms with van der Waals surface area (Å²) in [5, 5.41) is 14.0. The Morgan fingerprint density at radius 2 is 1.29 bits per heavy atom. The first-order valence-corrected chi connectivity index (χ1v) is 10.4. The van der Waals surface area contributed by atoms with Crippen LogP contribution in [0.5, 0.6) is 0 Å². The average molecular weight is 370 g/mol. The van der Waals surface area contributed by atoms with Crippen LogP contribution in [0.3, 0.4) is 0 Å². The lowest BCUT2D eigenvalue weighted by molar-refractivity contribution is -0.386. The molecule has 3 nitrogen and oxygen atoms in total. The number of rotatable bonds is 4. The van der Waals surface area contributed by atoms with E-state index in [9.17, 15) is 10.1 Å². The van der Waals surface area contributed by atoms with Crippen molar-refractivity contribution >= 4 is 52.1 Å². The normalized spacial score (nSPS) is 11.2. The van der Waals surface area contributed by atoms with Gasteiger partial charge in [0.2, 0.25) is 0 Å². The van der Waals surface area contributed by atoms with E-state index in [1.807, 2.05) is 60.7 Å². The number of hydrogen-bond donors (Lipinski definition) is 0. The molecule has 0 aliphatic heterocycles. The smallest absolute Gasteiger partial charge is 0.258 e. The molecule has 0 aliphatic rings. The molecule has 3 rings (SSSR count). The lowest BCUT2D eigenvalue weighted by Crippen LogP contribution is -2.26. The molecule has 0 bridgehead atoms. The van der Waals surface area contributed by atoms with Crippen LogP contribution in [-0.4, -0.2) is 4.92 Å². The number of nitro benzene ring substituents is 1. The first-order chi connectivity index (χ1) is 11.5. The molecule has 0 saturated carbocycles. The molecule has 1 radical (unpaired) electrons. The van der Waals surface area contributed by atoms with Crippen LogP contribution >= 0.6 is 18.7 Å². The summed E-state index contributed by atoms with van der Waals surface area (Å²) in [6.45, 7) is 0. The van der Waals surface area contributed by atoms with E-state index in [1.165, 1.54) is 0 Å². The van der Waals surface area contributed by atoms with Gasteiger partial charge in [0.15, 0.2) is 0 Å². The van der Waals surface area contributed by atoms with E-state index in [4.69, 9.17) is 24.4 Å². The van der Waals surface area contributed by atoms with Crippen LogP contribution < -0.4 is 15.9 Å². The van der Waals surface area contributed by atoms with Gasteiger partial charge in [-0.25, -0.2) is 0 Å². The van der Waals surface area contributed by atoms with Crippen molar-refractivity contribution in [3.05, 3.63) is 89.0 Å². The highest BCUT2D eigenvalue weighted by molar-refractivity contribution is 8.25. The number of para-hydroxylation sites is 1. The molecule has 6 heteroatoms. The molecule has 24 heavy (non-hydrogen) atoms. The van der Waals surface area contributed by atoms with Gasteiger partial charge in [0.25, 0.3) is 5.69 Å². The highest BCUT2D eigenvalue weighted by Gasteiger charge is 2.33. The maximum Gasteiger partial charge on any atom is 0.296 e. The van der Waals surface area contributed by atoms with E-state index in [0.29, 0.717) is 5.30 Å². The number of nitro groups is 1. The molecular weight excluding hydrogens is 357 g/mol. The fraction of sp³-hybridized carbons (Fsp3) is 0. The quantitative estimate of drug-likeness (QED) is 0.397. The molecule has 0 unspecified atom stereocenters. The first-order valence-electron chi connectivity index (χ1n) is 7.21. The topological polar surface area (TPSA) is 43.1 Å². The molecule has 0 atom stereocenters. The highest BCUT2D eigenvalue weighted by Crippen LogP contribution is 2.46. The Hall–Kier alpha value is -2.07. The van der Waals surface area contributed by atoms with E-state index in [0.717, 1.165) is 10.6 Å². The van der Waals surface area contributed by atoms with Crippen molar-refractivity contribution in [2.75, 3.05) is 0 Å². The van der Waals surface area contributed by atoms with Gasteiger partial charge in [0.1, 0.15) is 4.90 Å². The third-order valence-corrected chi connectivity index (χ3v) is 9.01. The van der Waals surface area contributed by atoms with E-state index in [-0.39, 0.29) is 10.6 Å². The minimum Gasteiger partial charge on any atom is -0.258 e. The highest BCUT2D eigenvalue weighted by atomic mass is 32.4. The standard InChI is InChI=1S/C18H13NO2PS2/c20-19(21)18-16(12-7-13-17(18)23)22(24,14-8-3-1-4-9-14)15-10-5-2-6-11-15/h1-13H. The molecule has 0 aromatic heterocycles. The Labute approximate surface area is 150 Å². The Balaban J connectivity index is 2.39. The van der Waals surface area contributed by atoms with Gasteiger partial charge in [-0.05, 0) is 22.7 Å². The van der Waals surface area contributed by atoms with Crippen molar-refractivity contribution in [2.45, 2.75) is 4.90 Å². The van der Waals surface area contributed by atoms with Crippen LogP contribution in [0.1, 0.15) is 0 Å². The van der Waals surface area contributed by atoms with E-state index >= 15 is 0 Å². The largest absolute Gasteiger partial charge is 0.296 e. The molecule has 0 fully saturated rings. The predicted octanol–water partition coefficient (Wildman–Crippen LogP) is 3.91. The predicted molar refractivity (Wildman–Crippen MR) is 105 cm³/mol. The third kappa shape index (κ3) is 2.86.